The van der Waals surface area contributed by atoms with Gasteiger partial charge in [-0.15, -0.1) is 0 Å². The fourth-order valence-electron chi connectivity index (χ4n) is 6.10. The maximum absolute atomic E-state index is 5.83. The van der Waals surface area contributed by atoms with E-state index in [-0.39, 0.29) is 0 Å². The van der Waals surface area contributed by atoms with E-state index in [4.69, 9.17) is 67.3 Å². The summed E-state index contributed by atoms with van der Waals surface area (Å²) >= 11 is 0. The van der Waals surface area contributed by atoms with Crippen molar-refractivity contribution in [1.29, 1.82) is 0 Å². The molecule has 0 radical (unpaired) electrons. The molecule has 14 heteroatoms. The first kappa shape index (κ1) is 58.4. The number of nitrogens with two attached hydrogens (primary N) is 1. The SMILES string of the molecule is CCCCCCCCCCCCCCCCCCOCCOCCOCCOCCOCCOCCOCCOCCOCCOCCOCCOCCOc1ccccc1N. The Balaban J connectivity index is 1.60. The molecule has 0 amide bonds. The van der Waals surface area contributed by atoms with Crippen LogP contribution in [0.3, 0.4) is 0 Å². The minimum absolute atomic E-state index is 0.438. The zero-order chi connectivity index (χ0) is 44.2. The number of anilines is 1. The van der Waals surface area contributed by atoms with E-state index >= 15 is 0 Å². The summed E-state index contributed by atoms with van der Waals surface area (Å²) in [5.74, 6) is 0.670. The fraction of sp³-hybridized carbons (Fsp3) is 0.875. The summed E-state index contributed by atoms with van der Waals surface area (Å²) in [5.41, 5.74) is 6.45. The van der Waals surface area contributed by atoms with Crippen molar-refractivity contribution in [2.24, 2.45) is 0 Å². The molecule has 0 unspecified atom stereocenters. The van der Waals surface area contributed by atoms with Crippen LogP contribution < -0.4 is 10.5 Å². The highest BCUT2D eigenvalue weighted by molar-refractivity contribution is 5.51. The maximum Gasteiger partial charge on any atom is 0.142 e. The molecule has 0 heterocycles. The predicted molar refractivity (Wildman–Crippen MR) is 246 cm³/mol. The first-order valence-electron chi connectivity index (χ1n) is 24.2. The molecule has 0 aromatic heterocycles. The summed E-state index contributed by atoms with van der Waals surface area (Å²) < 4.78 is 72.0. The summed E-state index contributed by atoms with van der Waals surface area (Å²) in [6, 6.07) is 7.39. The molecule has 0 atom stereocenters. The lowest BCUT2D eigenvalue weighted by Gasteiger charge is -2.10. The van der Waals surface area contributed by atoms with E-state index in [1.165, 1.54) is 96.3 Å². The van der Waals surface area contributed by atoms with Crippen LogP contribution in [0.4, 0.5) is 5.69 Å². The number of unbranched alkanes of at least 4 members (excludes halogenated alkanes) is 15. The molecule has 1 aromatic carbocycles. The van der Waals surface area contributed by atoms with Crippen LogP contribution in [0.2, 0.25) is 0 Å². The fourth-order valence-corrected chi connectivity index (χ4v) is 6.10. The highest BCUT2D eigenvalue weighted by Crippen LogP contribution is 2.19. The third-order valence-corrected chi connectivity index (χ3v) is 9.64. The second kappa shape index (κ2) is 52.0. The Hall–Kier alpha value is -1.66. The molecule has 366 valence electrons. The molecule has 0 aliphatic heterocycles. The maximum atomic E-state index is 5.83. The standard InChI is InChI=1S/C48H91NO13/c1-2-3-4-5-6-7-8-9-10-11-12-13-14-15-16-19-22-50-23-24-51-25-26-52-27-28-53-29-30-54-31-32-55-33-34-56-35-36-57-37-38-58-39-40-59-41-42-60-43-44-61-45-46-62-48-21-18-17-20-47(48)49/h17-18,20-21H,2-16,19,22-46,49H2,1H3. The van der Waals surface area contributed by atoms with Gasteiger partial charge >= 0.3 is 0 Å². The van der Waals surface area contributed by atoms with Crippen LogP contribution in [0.25, 0.3) is 0 Å². The molecule has 0 aliphatic carbocycles. The number of benzene rings is 1. The Labute approximate surface area is 377 Å². The van der Waals surface area contributed by atoms with Gasteiger partial charge < -0.3 is 67.3 Å². The second-order valence-electron chi connectivity index (χ2n) is 15.0. The van der Waals surface area contributed by atoms with E-state index in [1.54, 1.807) is 6.07 Å². The third-order valence-electron chi connectivity index (χ3n) is 9.64. The highest BCUT2D eigenvalue weighted by atomic mass is 16.6. The van der Waals surface area contributed by atoms with Crippen molar-refractivity contribution in [1.82, 2.24) is 0 Å². The van der Waals surface area contributed by atoms with Crippen LogP contribution in [0.5, 0.6) is 5.75 Å². The zero-order valence-electron chi connectivity index (χ0n) is 39.2. The van der Waals surface area contributed by atoms with E-state index in [0.29, 0.717) is 170 Å². The van der Waals surface area contributed by atoms with Crippen LogP contribution in [0.15, 0.2) is 24.3 Å². The molecule has 2 N–H and O–H groups in total. The molecule has 0 saturated carbocycles. The van der Waals surface area contributed by atoms with Gasteiger partial charge in [-0.05, 0) is 18.6 Å². The number of rotatable bonds is 54. The molecule has 1 rings (SSSR count). The number of nitrogen functional groups attached to an aromatic ring is 1. The van der Waals surface area contributed by atoms with Gasteiger partial charge in [-0.2, -0.15) is 0 Å². The monoisotopic (exact) mass is 890 g/mol. The van der Waals surface area contributed by atoms with E-state index in [0.717, 1.165) is 13.0 Å². The van der Waals surface area contributed by atoms with E-state index in [1.807, 2.05) is 18.2 Å². The molecule has 14 nitrogen and oxygen atoms in total. The lowest BCUT2D eigenvalue weighted by Crippen LogP contribution is -2.15. The Bertz CT molecular complexity index is 983. The average Bonchev–Trinajstić information content (AvgIpc) is 3.28. The van der Waals surface area contributed by atoms with Crippen LogP contribution in [-0.2, 0) is 56.8 Å². The average molecular weight is 890 g/mol. The summed E-state index contributed by atoms with van der Waals surface area (Å²) in [7, 11) is 0. The van der Waals surface area contributed by atoms with Crippen molar-refractivity contribution in [3.63, 3.8) is 0 Å². The number of hydrogen-bond acceptors (Lipinski definition) is 14. The molecular formula is C48H91NO13. The predicted octanol–water partition coefficient (Wildman–Crippen LogP) is 8.11. The van der Waals surface area contributed by atoms with Crippen molar-refractivity contribution in [3.05, 3.63) is 24.3 Å². The number of para-hydroxylation sites is 2. The van der Waals surface area contributed by atoms with Crippen molar-refractivity contribution in [2.75, 3.05) is 171 Å². The van der Waals surface area contributed by atoms with E-state index < -0.39 is 0 Å². The molecule has 62 heavy (non-hydrogen) atoms. The first-order valence-corrected chi connectivity index (χ1v) is 24.2. The van der Waals surface area contributed by atoms with Crippen LogP contribution in [0.1, 0.15) is 110 Å². The first-order chi connectivity index (χ1) is 30.8. The molecular weight excluding hydrogens is 799 g/mol. The van der Waals surface area contributed by atoms with Crippen LogP contribution >= 0.6 is 0 Å². The van der Waals surface area contributed by atoms with Gasteiger partial charge in [0.2, 0.25) is 0 Å². The smallest absolute Gasteiger partial charge is 0.142 e. The Kier molecular flexibility index (Phi) is 48.9. The quantitative estimate of drug-likeness (QED) is 0.0496. The van der Waals surface area contributed by atoms with Crippen molar-refractivity contribution in [2.45, 2.75) is 110 Å². The topological polar surface area (TPSA) is 146 Å². The minimum Gasteiger partial charge on any atom is -0.489 e. The van der Waals surface area contributed by atoms with Gasteiger partial charge in [0.25, 0.3) is 0 Å². The second-order valence-corrected chi connectivity index (χ2v) is 15.0. The van der Waals surface area contributed by atoms with Gasteiger partial charge in [0.05, 0.1) is 158 Å². The van der Waals surface area contributed by atoms with Crippen LogP contribution in [-0.4, -0.2) is 165 Å². The molecule has 1 aromatic rings. The third kappa shape index (κ3) is 46.3. The van der Waals surface area contributed by atoms with Gasteiger partial charge in [-0.1, -0.05) is 115 Å². The molecule has 0 spiro atoms. The Morgan fingerprint density at radius 2 is 0.500 bits per heavy atom. The summed E-state index contributed by atoms with van der Waals surface area (Å²) in [6.07, 6.45) is 22.2. The van der Waals surface area contributed by atoms with Gasteiger partial charge in [0.1, 0.15) is 12.4 Å². The summed E-state index contributed by atoms with van der Waals surface area (Å²) in [6.45, 7) is 15.6. The summed E-state index contributed by atoms with van der Waals surface area (Å²) in [5, 5.41) is 0. The highest BCUT2D eigenvalue weighted by Gasteiger charge is 2.00. The lowest BCUT2D eigenvalue weighted by molar-refractivity contribution is -0.0285. The Morgan fingerprint density at radius 1 is 0.274 bits per heavy atom. The largest absolute Gasteiger partial charge is 0.489 e. The van der Waals surface area contributed by atoms with Crippen molar-refractivity contribution < 1.29 is 61.6 Å². The zero-order valence-corrected chi connectivity index (χ0v) is 39.2. The number of ether oxygens (including phenoxy) is 13. The number of hydrogen-bond donors (Lipinski definition) is 1. The van der Waals surface area contributed by atoms with Gasteiger partial charge in [0, 0.05) is 6.61 Å². The van der Waals surface area contributed by atoms with Gasteiger partial charge in [-0.3, -0.25) is 0 Å². The van der Waals surface area contributed by atoms with Crippen molar-refractivity contribution >= 4 is 5.69 Å². The van der Waals surface area contributed by atoms with Gasteiger partial charge in [-0.25, -0.2) is 0 Å². The molecule has 0 bridgehead atoms. The van der Waals surface area contributed by atoms with E-state index in [2.05, 4.69) is 6.92 Å². The lowest BCUT2D eigenvalue weighted by atomic mass is 10.0. The van der Waals surface area contributed by atoms with Gasteiger partial charge in [0.15, 0.2) is 0 Å². The van der Waals surface area contributed by atoms with Crippen molar-refractivity contribution in [3.8, 4) is 5.75 Å². The summed E-state index contributed by atoms with van der Waals surface area (Å²) in [4.78, 5) is 0. The minimum atomic E-state index is 0.438. The van der Waals surface area contributed by atoms with E-state index in [9.17, 15) is 0 Å². The van der Waals surface area contributed by atoms with Crippen LogP contribution in [0, 0.1) is 0 Å². The normalized spacial score (nSPS) is 11.6. The molecule has 0 saturated heterocycles. The Morgan fingerprint density at radius 3 is 0.774 bits per heavy atom. The molecule has 0 aliphatic rings. The molecule has 0 fully saturated rings.